The topological polar surface area (TPSA) is 40.7 Å². The molecular weight excluding hydrogens is 234 g/mol. The SMILES string of the molecule is CCNCc1cnc(C23CC4CC(CC(C4)C2)C3)[nH]1. The fraction of sp³-hybridized carbons (Fsp3) is 0.812. The Morgan fingerprint density at radius 3 is 2.42 bits per heavy atom. The minimum atomic E-state index is 0.416. The number of aromatic amines is 1. The van der Waals surface area contributed by atoms with Crippen molar-refractivity contribution in [1.29, 1.82) is 0 Å². The summed E-state index contributed by atoms with van der Waals surface area (Å²) in [5.74, 6) is 4.29. The number of hydrogen-bond donors (Lipinski definition) is 2. The van der Waals surface area contributed by atoms with Crippen molar-refractivity contribution in [3.63, 3.8) is 0 Å². The van der Waals surface area contributed by atoms with E-state index in [1.54, 1.807) is 0 Å². The van der Waals surface area contributed by atoms with Gasteiger partial charge in [-0.15, -0.1) is 0 Å². The van der Waals surface area contributed by atoms with Crippen molar-refractivity contribution >= 4 is 0 Å². The lowest BCUT2D eigenvalue weighted by Gasteiger charge is -2.56. The number of aromatic nitrogens is 2. The van der Waals surface area contributed by atoms with E-state index in [4.69, 9.17) is 4.98 Å². The first-order chi connectivity index (χ1) is 9.27. The Hall–Kier alpha value is -0.830. The van der Waals surface area contributed by atoms with E-state index in [0.29, 0.717) is 5.41 Å². The summed E-state index contributed by atoms with van der Waals surface area (Å²) in [6.45, 7) is 4.10. The monoisotopic (exact) mass is 259 g/mol. The van der Waals surface area contributed by atoms with E-state index < -0.39 is 0 Å². The normalized spacial score (nSPS) is 39.9. The standard InChI is InChI=1S/C16H25N3/c1-2-17-9-14-10-18-15(19-14)16-6-11-3-12(7-16)5-13(4-11)8-16/h10-13,17H,2-9H2,1H3,(H,18,19). The second kappa shape index (κ2) is 4.34. The van der Waals surface area contributed by atoms with Crippen molar-refractivity contribution in [3.05, 3.63) is 17.7 Å². The zero-order valence-corrected chi connectivity index (χ0v) is 11.9. The van der Waals surface area contributed by atoms with Gasteiger partial charge in [-0.25, -0.2) is 4.98 Å². The van der Waals surface area contributed by atoms with Crippen LogP contribution in [0.4, 0.5) is 0 Å². The van der Waals surface area contributed by atoms with Gasteiger partial charge in [0.2, 0.25) is 0 Å². The molecule has 19 heavy (non-hydrogen) atoms. The maximum Gasteiger partial charge on any atom is 0.112 e. The second-order valence-corrected chi connectivity index (χ2v) is 7.24. The lowest BCUT2D eigenvalue weighted by Crippen LogP contribution is -2.49. The van der Waals surface area contributed by atoms with E-state index in [0.717, 1.165) is 30.8 Å². The summed E-state index contributed by atoms with van der Waals surface area (Å²) in [6.07, 6.45) is 10.8. The van der Waals surface area contributed by atoms with Gasteiger partial charge in [0, 0.05) is 23.9 Å². The summed E-state index contributed by atoms with van der Waals surface area (Å²) in [4.78, 5) is 8.39. The van der Waals surface area contributed by atoms with Crippen LogP contribution < -0.4 is 5.32 Å². The molecule has 4 bridgehead atoms. The molecule has 0 atom stereocenters. The Morgan fingerprint density at radius 2 is 1.84 bits per heavy atom. The van der Waals surface area contributed by atoms with Gasteiger partial charge in [-0.3, -0.25) is 0 Å². The van der Waals surface area contributed by atoms with Crippen LogP contribution in [-0.4, -0.2) is 16.5 Å². The summed E-state index contributed by atoms with van der Waals surface area (Å²) in [5.41, 5.74) is 1.67. The van der Waals surface area contributed by atoms with E-state index in [2.05, 4.69) is 23.4 Å². The third-order valence-electron chi connectivity index (χ3n) is 5.73. The van der Waals surface area contributed by atoms with Gasteiger partial charge in [-0.2, -0.15) is 0 Å². The minimum Gasteiger partial charge on any atom is -0.344 e. The van der Waals surface area contributed by atoms with Gasteiger partial charge in [-0.1, -0.05) is 6.92 Å². The number of nitrogens with one attached hydrogen (secondary N) is 2. The first-order valence-electron chi connectivity index (χ1n) is 8.02. The van der Waals surface area contributed by atoms with Crippen LogP contribution in [0.3, 0.4) is 0 Å². The predicted octanol–water partition coefficient (Wildman–Crippen LogP) is 2.99. The van der Waals surface area contributed by atoms with Gasteiger partial charge in [0.15, 0.2) is 0 Å². The Kier molecular flexibility index (Phi) is 2.73. The van der Waals surface area contributed by atoms with Gasteiger partial charge >= 0.3 is 0 Å². The van der Waals surface area contributed by atoms with Crippen LogP contribution in [0.5, 0.6) is 0 Å². The molecule has 1 heterocycles. The highest BCUT2D eigenvalue weighted by molar-refractivity contribution is 5.19. The maximum absolute atomic E-state index is 4.76. The third-order valence-corrected chi connectivity index (χ3v) is 5.73. The van der Waals surface area contributed by atoms with Crippen molar-refractivity contribution in [2.45, 2.75) is 57.4 Å². The molecular formula is C16H25N3. The van der Waals surface area contributed by atoms with Crippen molar-refractivity contribution in [1.82, 2.24) is 15.3 Å². The molecule has 0 aliphatic heterocycles. The zero-order chi connectivity index (χ0) is 12.9. The average molecular weight is 259 g/mol. The highest BCUT2D eigenvalue weighted by atomic mass is 15.0. The third kappa shape index (κ3) is 1.94. The molecule has 104 valence electrons. The number of H-pyrrole nitrogens is 1. The molecule has 0 spiro atoms. The van der Waals surface area contributed by atoms with E-state index in [9.17, 15) is 0 Å². The molecule has 4 fully saturated rings. The average Bonchev–Trinajstić information content (AvgIpc) is 2.84. The predicted molar refractivity (Wildman–Crippen MR) is 75.8 cm³/mol. The minimum absolute atomic E-state index is 0.416. The molecule has 0 aromatic carbocycles. The van der Waals surface area contributed by atoms with Crippen LogP contribution in [0.15, 0.2) is 6.20 Å². The number of imidazole rings is 1. The smallest absolute Gasteiger partial charge is 0.112 e. The Morgan fingerprint density at radius 1 is 1.21 bits per heavy atom. The summed E-state index contributed by atoms with van der Waals surface area (Å²) in [5, 5.41) is 3.38. The highest BCUT2D eigenvalue weighted by Gasteiger charge is 2.52. The molecule has 0 unspecified atom stereocenters. The van der Waals surface area contributed by atoms with Gasteiger partial charge < -0.3 is 10.3 Å². The molecule has 2 N–H and O–H groups in total. The van der Waals surface area contributed by atoms with Crippen LogP contribution in [0.1, 0.15) is 57.0 Å². The molecule has 0 saturated heterocycles. The van der Waals surface area contributed by atoms with Crippen molar-refractivity contribution < 1.29 is 0 Å². The number of rotatable bonds is 4. The lowest BCUT2D eigenvalue weighted by molar-refractivity contribution is -0.00905. The van der Waals surface area contributed by atoms with Crippen LogP contribution >= 0.6 is 0 Å². The van der Waals surface area contributed by atoms with Crippen molar-refractivity contribution in [3.8, 4) is 0 Å². The van der Waals surface area contributed by atoms with Gasteiger partial charge in [-0.05, 0) is 62.8 Å². The van der Waals surface area contributed by atoms with Gasteiger partial charge in [0.05, 0.1) is 0 Å². The van der Waals surface area contributed by atoms with Crippen molar-refractivity contribution in [2.24, 2.45) is 17.8 Å². The van der Waals surface area contributed by atoms with E-state index in [1.165, 1.54) is 50.0 Å². The lowest BCUT2D eigenvalue weighted by atomic mass is 9.49. The molecule has 5 rings (SSSR count). The quantitative estimate of drug-likeness (QED) is 0.872. The van der Waals surface area contributed by atoms with E-state index >= 15 is 0 Å². The molecule has 4 saturated carbocycles. The summed E-state index contributed by atoms with van der Waals surface area (Å²) >= 11 is 0. The number of hydrogen-bond acceptors (Lipinski definition) is 2. The van der Waals surface area contributed by atoms with Gasteiger partial charge in [0.1, 0.15) is 5.82 Å². The fourth-order valence-electron chi connectivity index (χ4n) is 5.38. The molecule has 3 heteroatoms. The molecule has 0 radical (unpaired) electrons. The van der Waals surface area contributed by atoms with E-state index in [-0.39, 0.29) is 0 Å². The maximum atomic E-state index is 4.76. The van der Waals surface area contributed by atoms with E-state index in [1.807, 2.05) is 0 Å². The second-order valence-electron chi connectivity index (χ2n) is 7.24. The molecule has 4 aliphatic carbocycles. The van der Waals surface area contributed by atoms with Crippen LogP contribution in [0, 0.1) is 17.8 Å². The van der Waals surface area contributed by atoms with Crippen LogP contribution in [0.2, 0.25) is 0 Å². The molecule has 4 aliphatic rings. The summed E-state index contributed by atoms with van der Waals surface area (Å²) in [6, 6.07) is 0. The Bertz CT molecular complexity index is 427. The first kappa shape index (κ1) is 12.0. The van der Waals surface area contributed by atoms with Gasteiger partial charge in [0.25, 0.3) is 0 Å². The molecule has 3 nitrogen and oxygen atoms in total. The first-order valence-corrected chi connectivity index (χ1v) is 8.02. The zero-order valence-electron chi connectivity index (χ0n) is 11.9. The largest absolute Gasteiger partial charge is 0.344 e. The number of nitrogens with zero attached hydrogens (tertiary/aromatic N) is 1. The fourth-order valence-corrected chi connectivity index (χ4v) is 5.38. The van der Waals surface area contributed by atoms with Crippen molar-refractivity contribution in [2.75, 3.05) is 6.54 Å². The highest BCUT2D eigenvalue weighted by Crippen LogP contribution is 2.60. The molecule has 0 amide bonds. The van der Waals surface area contributed by atoms with Crippen LogP contribution in [0.25, 0.3) is 0 Å². The Labute approximate surface area is 115 Å². The Balaban J connectivity index is 1.59. The van der Waals surface area contributed by atoms with Crippen LogP contribution in [-0.2, 0) is 12.0 Å². The molecule has 1 aromatic rings. The molecule has 1 aromatic heterocycles. The summed E-state index contributed by atoms with van der Waals surface area (Å²) in [7, 11) is 0. The summed E-state index contributed by atoms with van der Waals surface area (Å²) < 4.78 is 0.